The third-order valence-electron chi connectivity index (χ3n) is 2.90. The summed E-state index contributed by atoms with van der Waals surface area (Å²) in [5.41, 5.74) is 3.19. The molecule has 0 spiro atoms. The number of benzene rings is 2. The Morgan fingerprint density at radius 1 is 0.944 bits per heavy atom. The predicted molar refractivity (Wildman–Crippen MR) is 80.9 cm³/mol. The van der Waals surface area contributed by atoms with Gasteiger partial charge in [0.15, 0.2) is 0 Å². The van der Waals surface area contributed by atoms with Crippen molar-refractivity contribution in [3.63, 3.8) is 0 Å². The molecule has 0 atom stereocenters. The Morgan fingerprint density at radius 3 is 2.28 bits per heavy atom. The normalized spacial score (nSPS) is 18.1. The maximum atomic E-state index is 6.66. The second-order valence-corrected chi connectivity index (χ2v) is 16.5. The minimum absolute atomic E-state index is 0.891. The molecule has 0 saturated heterocycles. The van der Waals surface area contributed by atoms with E-state index in [9.17, 15) is 0 Å². The summed E-state index contributed by atoms with van der Waals surface area (Å²) in [7, 11) is 13.3. The van der Waals surface area contributed by atoms with E-state index in [-0.39, 0.29) is 0 Å². The van der Waals surface area contributed by atoms with Gasteiger partial charge in [0.05, 0.1) is 0 Å². The van der Waals surface area contributed by atoms with Gasteiger partial charge in [-0.2, -0.15) is 0 Å². The average Bonchev–Trinajstić information content (AvgIpc) is 2.63. The molecule has 18 heavy (non-hydrogen) atoms. The van der Waals surface area contributed by atoms with E-state index in [4.69, 9.17) is 17.9 Å². The van der Waals surface area contributed by atoms with Crippen LogP contribution in [0.25, 0.3) is 0 Å². The molecule has 1 nitrogen and oxygen atoms in total. The summed E-state index contributed by atoms with van der Waals surface area (Å²) < 4.78 is 1.93. The molecule has 0 radical (unpaired) electrons. The Morgan fingerprint density at radius 2 is 1.61 bits per heavy atom. The van der Waals surface area contributed by atoms with Gasteiger partial charge in [0.1, 0.15) is 0 Å². The molecule has 0 bridgehead atoms. The third kappa shape index (κ3) is 1.98. The van der Waals surface area contributed by atoms with Crippen LogP contribution in [0.5, 0.6) is 0 Å². The van der Waals surface area contributed by atoms with Crippen molar-refractivity contribution in [2.45, 2.75) is 6.92 Å². The van der Waals surface area contributed by atoms with E-state index in [0.29, 0.717) is 0 Å². The molecule has 0 unspecified atom stereocenters. The molecule has 2 aromatic carbocycles. The first-order chi connectivity index (χ1) is 8.59. The minimum atomic E-state index is -3.24. The fourth-order valence-corrected chi connectivity index (χ4v) is 9.58. The van der Waals surface area contributed by atoms with Gasteiger partial charge < -0.3 is 0 Å². The average molecular weight is 392 g/mol. The van der Waals surface area contributed by atoms with Gasteiger partial charge in [0.2, 0.25) is 0 Å². The maximum absolute atomic E-state index is 6.66. The van der Waals surface area contributed by atoms with Gasteiger partial charge in [0, 0.05) is 0 Å². The van der Waals surface area contributed by atoms with Gasteiger partial charge in [0.25, 0.3) is 0 Å². The van der Waals surface area contributed by atoms with Gasteiger partial charge in [-0.25, -0.2) is 0 Å². The molecule has 92 valence electrons. The summed E-state index contributed by atoms with van der Waals surface area (Å²) >= 11 is -3.24. The summed E-state index contributed by atoms with van der Waals surface area (Å²) in [6.07, 6.45) is 0. The summed E-state index contributed by atoms with van der Waals surface area (Å²) in [6.45, 7) is 2.06. The van der Waals surface area contributed by atoms with Crippen LogP contribution in [0.3, 0.4) is 0 Å². The van der Waals surface area contributed by atoms with Crippen LogP contribution in [-0.4, -0.2) is 19.7 Å². The molecule has 3 rings (SSSR count). The Hall–Kier alpha value is -0.520. The molecular formula is C14H11Cl2NTe. The molecule has 1 heterocycles. The molecule has 4 heteroatoms. The van der Waals surface area contributed by atoms with Crippen molar-refractivity contribution in [1.29, 1.82) is 0 Å². The van der Waals surface area contributed by atoms with Crippen LogP contribution in [0.1, 0.15) is 11.1 Å². The molecule has 2 aromatic rings. The summed E-state index contributed by atoms with van der Waals surface area (Å²) in [5.74, 6) is 0. The second kappa shape index (κ2) is 4.54. The number of hydrogen-bond acceptors (Lipinski definition) is 1. The Balaban J connectivity index is 2.13. The van der Waals surface area contributed by atoms with E-state index in [1.54, 1.807) is 0 Å². The number of nitrogens with zero attached hydrogens (tertiary/aromatic N) is 1. The Labute approximate surface area is 118 Å². The van der Waals surface area contributed by atoms with Gasteiger partial charge in [-0.15, -0.1) is 0 Å². The van der Waals surface area contributed by atoms with Crippen molar-refractivity contribution in [2.24, 2.45) is 4.99 Å². The summed E-state index contributed by atoms with van der Waals surface area (Å²) in [5, 5.41) is 0. The number of rotatable bonds is 1. The number of aliphatic imine (C=N–C) groups is 1. The molecule has 0 N–H and O–H groups in total. The van der Waals surface area contributed by atoms with Gasteiger partial charge in [-0.3, -0.25) is 0 Å². The zero-order valence-corrected chi connectivity index (χ0v) is 13.6. The van der Waals surface area contributed by atoms with E-state index in [1.807, 2.05) is 36.4 Å². The first-order valence-electron chi connectivity index (χ1n) is 5.56. The number of halogens is 2. The van der Waals surface area contributed by atoms with E-state index in [2.05, 4.69) is 24.0 Å². The van der Waals surface area contributed by atoms with Crippen LogP contribution in [0.2, 0.25) is 0 Å². The Kier molecular flexibility index (Phi) is 3.16. The zero-order chi connectivity index (χ0) is 12.8. The fourth-order valence-electron chi connectivity index (χ4n) is 1.95. The number of hydrogen-bond donors (Lipinski definition) is 0. The van der Waals surface area contributed by atoms with Crippen molar-refractivity contribution < 1.29 is 0 Å². The van der Waals surface area contributed by atoms with Crippen molar-refractivity contribution in [2.75, 3.05) is 0 Å². The molecule has 0 amide bonds. The number of para-hydroxylation sites is 1. The first kappa shape index (κ1) is 12.5. The van der Waals surface area contributed by atoms with E-state index >= 15 is 0 Å². The van der Waals surface area contributed by atoms with Gasteiger partial charge in [-0.1, -0.05) is 0 Å². The standard InChI is InChI=1S/C14H11Cl2NTe/c1-10-6-8-11(9-7-10)14-17-12-4-2-3-5-13(12)18(14,15)16/h2-9H,1H3. The van der Waals surface area contributed by atoms with Crippen LogP contribution < -0.4 is 3.61 Å². The zero-order valence-electron chi connectivity index (χ0n) is 9.73. The quantitative estimate of drug-likeness (QED) is 0.656. The van der Waals surface area contributed by atoms with Crippen LogP contribution in [0.4, 0.5) is 5.69 Å². The number of fused-ring (bicyclic) bond motifs is 1. The SMILES string of the molecule is Cc1ccc(C2=Nc3ccccc3[Te]2(Cl)Cl)cc1. The van der Waals surface area contributed by atoms with E-state index in [0.717, 1.165) is 18.6 Å². The predicted octanol–water partition coefficient (Wildman–Crippen LogP) is 3.80. The Bertz CT molecular complexity index is 632. The monoisotopic (exact) mass is 393 g/mol. The summed E-state index contributed by atoms with van der Waals surface area (Å²) in [6, 6.07) is 16.1. The molecule has 1 aliphatic heterocycles. The molecular weight excluding hydrogens is 381 g/mol. The first-order valence-corrected chi connectivity index (χ1v) is 13.8. The van der Waals surface area contributed by atoms with Gasteiger partial charge in [-0.05, 0) is 0 Å². The third-order valence-corrected chi connectivity index (χ3v) is 12.0. The van der Waals surface area contributed by atoms with Crippen LogP contribution in [-0.2, 0) is 0 Å². The molecule has 0 aromatic heterocycles. The topological polar surface area (TPSA) is 12.4 Å². The van der Waals surface area contributed by atoms with Crippen LogP contribution in [0, 0.1) is 6.92 Å². The number of aryl methyl sites for hydroxylation is 1. The molecule has 1 aliphatic rings. The van der Waals surface area contributed by atoms with E-state index in [1.165, 1.54) is 5.56 Å². The van der Waals surface area contributed by atoms with Crippen molar-refractivity contribution in [3.8, 4) is 0 Å². The fraction of sp³-hybridized carbons (Fsp3) is 0.0714. The van der Waals surface area contributed by atoms with Crippen molar-refractivity contribution in [3.05, 3.63) is 59.7 Å². The van der Waals surface area contributed by atoms with Crippen molar-refractivity contribution >= 4 is 46.9 Å². The second-order valence-electron chi connectivity index (χ2n) is 4.22. The molecule has 0 aliphatic carbocycles. The molecule has 0 fully saturated rings. The van der Waals surface area contributed by atoms with E-state index < -0.39 is 15.9 Å². The summed E-state index contributed by atoms with van der Waals surface area (Å²) in [4.78, 5) is 4.64. The van der Waals surface area contributed by atoms with Gasteiger partial charge >= 0.3 is 119 Å². The van der Waals surface area contributed by atoms with Crippen LogP contribution in [0.15, 0.2) is 53.5 Å². The van der Waals surface area contributed by atoms with Crippen LogP contribution >= 0.6 is 17.9 Å². The van der Waals surface area contributed by atoms with Crippen molar-refractivity contribution in [1.82, 2.24) is 0 Å². The molecule has 0 saturated carbocycles.